The third-order valence-electron chi connectivity index (χ3n) is 11.8. The van der Waals surface area contributed by atoms with E-state index < -0.39 is 0 Å². The molecule has 0 saturated carbocycles. The SMILES string of the molecule is c1cc(-c2ccc3ccccc3c2)cc(N(c2ccc(-c3cccc4c3sc3ccccc34)cc2)c2ccccc2-c2ccc3oc4c5ccccc5ccc4c3c2)c1. The largest absolute Gasteiger partial charge is 0.455 e. The Labute approximate surface area is 345 Å². The molecule has 276 valence electrons. The Hall–Kier alpha value is -7.46. The maximum absolute atomic E-state index is 6.54. The molecular weight excluding hydrogens is 735 g/mol. The van der Waals surface area contributed by atoms with E-state index in [9.17, 15) is 0 Å². The zero-order valence-electron chi connectivity index (χ0n) is 32.0. The molecule has 59 heavy (non-hydrogen) atoms. The Bertz CT molecular complexity index is 3570. The van der Waals surface area contributed by atoms with E-state index >= 15 is 0 Å². The minimum Gasteiger partial charge on any atom is -0.455 e. The van der Waals surface area contributed by atoms with Crippen LogP contribution < -0.4 is 4.90 Å². The Morgan fingerprint density at radius 1 is 0.356 bits per heavy atom. The number of para-hydroxylation sites is 1. The van der Waals surface area contributed by atoms with Crippen molar-refractivity contribution in [3.8, 4) is 33.4 Å². The Kier molecular flexibility index (Phi) is 7.75. The van der Waals surface area contributed by atoms with Crippen LogP contribution >= 0.6 is 11.3 Å². The van der Waals surface area contributed by atoms with Crippen molar-refractivity contribution in [2.75, 3.05) is 4.90 Å². The molecule has 0 amide bonds. The third kappa shape index (κ3) is 5.62. The first-order chi connectivity index (χ1) is 29.2. The van der Waals surface area contributed by atoms with Gasteiger partial charge in [-0.1, -0.05) is 152 Å². The number of benzene rings is 10. The lowest BCUT2D eigenvalue weighted by Crippen LogP contribution is -2.11. The number of thiophene rings is 1. The summed E-state index contributed by atoms with van der Waals surface area (Å²) in [5.41, 5.74) is 12.2. The van der Waals surface area contributed by atoms with Crippen LogP contribution in [0.5, 0.6) is 0 Å². The van der Waals surface area contributed by atoms with E-state index in [2.05, 4.69) is 217 Å². The van der Waals surface area contributed by atoms with Crippen molar-refractivity contribution in [1.82, 2.24) is 0 Å². The second kappa shape index (κ2) is 13.6. The molecule has 0 N–H and O–H groups in total. The van der Waals surface area contributed by atoms with E-state index in [1.165, 1.54) is 58.6 Å². The van der Waals surface area contributed by atoms with Crippen LogP contribution in [0.4, 0.5) is 17.1 Å². The molecule has 2 aromatic heterocycles. The highest BCUT2D eigenvalue weighted by Gasteiger charge is 2.20. The van der Waals surface area contributed by atoms with Gasteiger partial charge in [0.15, 0.2) is 0 Å². The van der Waals surface area contributed by atoms with Crippen LogP contribution in [0.25, 0.3) is 97.0 Å². The van der Waals surface area contributed by atoms with E-state index in [-0.39, 0.29) is 0 Å². The molecule has 12 rings (SSSR count). The molecule has 3 heteroatoms. The molecular formula is C56H35NOS. The molecule has 10 aromatic carbocycles. The second-order valence-electron chi connectivity index (χ2n) is 15.3. The summed E-state index contributed by atoms with van der Waals surface area (Å²) in [5, 5.41) is 9.65. The van der Waals surface area contributed by atoms with Crippen LogP contribution in [-0.2, 0) is 0 Å². The maximum Gasteiger partial charge on any atom is 0.143 e. The third-order valence-corrected chi connectivity index (χ3v) is 13.1. The lowest BCUT2D eigenvalue weighted by molar-refractivity contribution is 0.672. The number of furan rings is 1. The molecule has 0 bridgehead atoms. The van der Waals surface area contributed by atoms with E-state index in [0.29, 0.717) is 0 Å². The minimum atomic E-state index is 0.891. The van der Waals surface area contributed by atoms with Crippen LogP contribution in [0, 0.1) is 0 Å². The molecule has 0 fully saturated rings. The average molecular weight is 770 g/mol. The maximum atomic E-state index is 6.54. The monoisotopic (exact) mass is 769 g/mol. The van der Waals surface area contributed by atoms with Gasteiger partial charge >= 0.3 is 0 Å². The number of fused-ring (bicyclic) bond motifs is 9. The van der Waals surface area contributed by atoms with Crippen LogP contribution in [0.15, 0.2) is 217 Å². The van der Waals surface area contributed by atoms with Gasteiger partial charge in [-0.25, -0.2) is 0 Å². The molecule has 0 unspecified atom stereocenters. The Morgan fingerprint density at radius 2 is 1.03 bits per heavy atom. The van der Waals surface area contributed by atoms with Crippen molar-refractivity contribution in [3.05, 3.63) is 212 Å². The Morgan fingerprint density at radius 3 is 1.95 bits per heavy atom. The fourth-order valence-electron chi connectivity index (χ4n) is 8.97. The lowest BCUT2D eigenvalue weighted by atomic mass is 9.97. The first kappa shape index (κ1) is 33.7. The number of hydrogen-bond acceptors (Lipinski definition) is 3. The van der Waals surface area contributed by atoms with Crippen molar-refractivity contribution in [2.24, 2.45) is 0 Å². The number of nitrogens with zero attached hydrogens (tertiary/aromatic N) is 1. The number of anilines is 3. The summed E-state index contributed by atoms with van der Waals surface area (Å²) >= 11 is 1.87. The van der Waals surface area contributed by atoms with E-state index in [1.54, 1.807) is 0 Å². The molecule has 0 spiro atoms. The average Bonchev–Trinajstić information content (AvgIpc) is 3.88. The smallest absolute Gasteiger partial charge is 0.143 e. The van der Waals surface area contributed by atoms with E-state index in [0.717, 1.165) is 55.5 Å². The summed E-state index contributed by atoms with van der Waals surface area (Å²) in [6.07, 6.45) is 0. The second-order valence-corrected chi connectivity index (χ2v) is 16.3. The van der Waals surface area contributed by atoms with Gasteiger partial charge in [0.05, 0.1) is 5.69 Å². The Balaban J connectivity index is 1.02. The molecule has 0 saturated heterocycles. The zero-order valence-corrected chi connectivity index (χ0v) is 32.8. The van der Waals surface area contributed by atoms with Gasteiger partial charge in [0.2, 0.25) is 0 Å². The summed E-state index contributed by atoms with van der Waals surface area (Å²) in [6.45, 7) is 0. The molecule has 0 aliphatic rings. The minimum absolute atomic E-state index is 0.891. The highest BCUT2D eigenvalue weighted by Crippen LogP contribution is 2.45. The van der Waals surface area contributed by atoms with Crippen molar-refractivity contribution >= 4 is 92.1 Å². The fraction of sp³-hybridized carbons (Fsp3) is 0. The van der Waals surface area contributed by atoms with Gasteiger partial charge in [-0.15, -0.1) is 11.3 Å². The summed E-state index contributed by atoms with van der Waals surface area (Å²) in [4.78, 5) is 2.41. The predicted molar refractivity (Wildman–Crippen MR) is 253 cm³/mol. The van der Waals surface area contributed by atoms with Crippen LogP contribution in [0.2, 0.25) is 0 Å². The summed E-state index contributed by atoms with van der Waals surface area (Å²) in [5.74, 6) is 0. The molecule has 0 aliphatic heterocycles. The zero-order chi connectivity index (χ0) is 38.9. The highest BCUT2D eigenvalue weighted by atomic mass is 32.1. The molecule has 12 aromatic rings. The van der Waals surface area contributed by atoms with Crippen molar-refractivity contribution in [2.45, 2.75) is 0 Å². The standard InChI is InChI=1S/C56H35NOS/c1-2-13-39-33-41(24-23-36(39)11-1)40-14-9-15-44(34-40)57(43-29-25-38(26-30-43)47-19-10-20-50-48-18-6-8-22-54(48)59-56(47)50)52-21-7-5-16-45(52)42-28-32-53-51(35-42)49-31-27-37-12-3-4-17-46(37)55(49)58-53/h1-35H. The summed E-state index contributed by atoms with van der Waals surface area (Å²) < 4.78 is 9.17. The first-order valence-corrected chi connectivity index (χ1v) is 20.9. The quantitative estimate of drug-likeness (QED) is 0.167. The summed E-state index contributed by atoms with van der Waals surface area (Å²) in [7, 11) is 0. The van der Waals surface area contributed by atoms with Crippen LogP contribution in [-0.4, -0.2) is 0 Å². The van der Waals surface area contributed by atoms with Gasteiger partial charge in [-0.05, 0) is 105 Å². The molecule has 0 atom stereocenters. The topological polar surface area (TPSA) is 16.4 Å². The van der Waals surface area contributed by atoms with Crippen LogP contribution in [0.1, 0.15) is 0 Å². The highest BCUT2D eigenvalue weighted by molar-refractivity contribution is 7.26. The number of hydrogen-bond donors (Lipinski definition) is 0. The molecule has 2 heterocycles. The molecule has 0 aliphatic carbocycles. The van der Waals surface area contributed by atoms with Crippen molar-refractivity contribution in [1.29, 1.82) is 0 Å². The lowest BCUT2D eigenvalue weighted by Gasteiger charge is -2.28. The van der Waals surface area contributed by atoms with Crippen LogP contribution in [0.3, 0.4) is 0 Å². The van der Waals surface area contributed by atoms with Gasteiger partial charge < -0.3 is 9.32 Å². The first-order valence-electron chi connectivity index (χ1n) is 20.1. The molecule has 2 nitrogen and oxygen atoms in total. The van der Waals surface area contributed by atoms with Gasteiger partial charge in [0, 0.05) is 53.3 Å². The van der Waals surface area contributed by atoms with Gasteiger partial charge in [-0.2, -0.15) is 0 Å². The molecule has 0 radical (unpaired) electrons. The van der Waals surface area contributed by atoms with Gasteiger partial charge in [0.1, 0.15) is 11.2 Å². The van der Waals surface area contributed by atoms with E-state index in [1.807, 2.05) is 11.3 Å². The van der Waals surface area contributed by atoms with E-state index in [4.69, 9.17) is 4.42 Å². The fourth-order valence-corrected chi connectivity index (χ4v) is 10.2. The summed E-state index contributed by atoms with van der Waals surface area (Å²) in [6, 6.07) is 77.0. The van der Waals surface area contributed by atoms with Crippen molar-refractivity contribution in [3.63, 3.8) is 0 Å². The van der Waals surface area contributed by atoms with Gasteiger partial charge in [0.25, 0.3) is 0 Å². The predicted octanol–water partition coefficient (Wildman–Crippen LogP) is 16.7. The van der Waals surface area contributed by atoms with Gasteiger partial charge in [-0.3, -0.25) is 0 Å². The van der Waals surface area contributed by atoms with Crippen molar-refractivity contribution < 1.29 is 4.42 Å². The normalized spacial score (nSPS) is 11.7. The number of rotatable bonds is 6.